The minimum atomic E-state index is 1.04. The number of rotatable bonds is 3. The Kier molecular flexibility index (Phi) is 4.81. The molecule has 0 fully saturated rings. The lowest BCUT2D eigenvalue weighted by Gasteiger charge is -2.20. The van der Waals surface area contributed by atoms with Gasteiger partial charge in [-0.1, -0.05) is 85.0 Å². The number of aromatic nitrogens is 2. The van der Waals surface area contributed by atoms with Crippen molar-refractivity contribution >= 4 is 49.3 Å². The van der Waals surface area contributed by atoms with Crippen LogP contribution in [0.3, 0.4) is 0 Å². The summed E-state index contributed by atoms with van der Waals surface area (Å²) in [4.78, 5) is 3.63. The maximum atomic E-state index is 3.63. The lowest BCUT2D eigenvalue weighted by Crippen LogP contribution is -2.03. The molecule has 2 aliphatic rings. The van der Waals surface area contributed by atoms with E-state index in [1.807, 2.05) is 0 Å². The highest BCUT2D eigenvalue weighted by Gasteiger charge is 2.20. The fourth-order valence-electron chi connectivity index (χ4n) is 6.63. The third-order valence-electron chi connectivity index (χ3n) is 8.36. The molecule has 8 rings (SSSR count). The molecule has 2 heterocycles. The molecule has 6 aromatic rings. The Balaban J connectivity index is 1.38. The fraction of sp³-hybridized carbons (Fsp3) is 0.111. The molecule has 0 amide bonds. The van der Waals surface area contributed by atoms with Crippen molar-refractivity contribution in [2.75, 3.05) is 0 Å². The lowest BCUT2D eigenvalue weighted by molar-refractivity contribution is 0.885. The van der Waals surface area contributed by atoms with Crippen molar-refractivity contribution in [3.05, 3.63) is 126 Å². The van der Waals surface area contributed by atoms with Gasteiger partial charge in [-0.25, -0.2) is 0 Å². The first-order valence-electron chi connectivity index (χ1n) is 13.6. The van der Waals surface area contributed by atoms with E-state index in [1.165, 1.54) is 71.6 Å². The smallest absolute Gasteiger partial charge is 0.0544 e. The van der Waals surface area contributed by atoms with Crippen molar-refractivity contribution < 1.29 is 0 Å². The average Bonchev–Trinajstić information content (AvgIpc) is 3.54. The van der Waals surface area contributed by atoms with Crippen molar-refractivity contribution in [3.8, 4) is 11.1 Å². The van der Waals surface area contributed by atoms with E-state index >= 15 is 0 Å². The highest BCUT2D eigenvalue weighted by molar-refractivity contribution is 6.21. The SMILES string of the molecule is C1=CCCC(C2=CC=C(n3c4ccccc4c4c(-c5cccc6[nH]c7ccccc7c56)cccc43)CC2)=C1. The van der Waals surface area contributed by atoms with Crippen LogP contribution in [0.25, 0.3) is 60.4 Å². The molecular formula is C36H28N2. The van der Waals surface area contributed by atoms with Gasteiger partial charge in [-0.3, -0.25) is 0 Å². The van der Waals surface area contributed by atoms with Crippen molar-refractivity contribution in [1.82, 2.24) is 9.55 Å². The third-order valence-corrected chi connectivity index (χ3v) is 8.36. The minimum absolute atomic E-state index is 1.04. The summed E-state index contributed by atoms with van der Waals surface area (Å²) < 4.78 is 2.51. The monoisotopic (exact) mass is 488 g/mol. The van der Waals surface area contributed by atoms with E-state index in [2.05, 4.69) is 125 Å². The topological polar surface area (TPSA) is 20.7 Å². The Morgan fingerprint density at radius 2 is 1.29 bits per heavy atom. The molecular weight excluding hydrogens is 460 g/mol. The number of allylic oxidation sites excluding steroid dienone is 8. The first kappa shape index (κ1) is 21.5. The Bertz CT molecular complexity index is 2020. The van der Waals surface area contributed by atoms with Gasteiger partial charge in [0.15, 0.2) is 0 Å². The van der Waals surface area contributed by atoms with Gasteiger partial charge in [0.05, 0.1) is 11.0 Å². The van der Waals surface area contributed by atoms with Crippen LogP contribution in [-0.4, -0.2) is 9.55 Å². The van der Waals surface area contributed by atoms with Gasteiger partial charge < -0.3 is 9.55 Å². The largest absolute Gasteiger partial charge is 0.354 e. The quantitative estimate of drug-likeness (QED) is 0.256. The van der Waals surface area contributed by atoms with E-state index < -0.39 is 0 Å². The van der Waals surface area contributed by atoms with E-state index in [9.17, 15) is 0 Å². The molecule has 0 spiro atoms. The number of nitrogens with one attached hydrogen (secondary N) is 1. The maximum absolute atomic E-state index is 3.63. The average molecular weight is 489 g/mol. The van der Waals surface area contributed by atoms with Crippen molar-refractivity contribution in [2.24, 2.45) is 0 Å². The van der Waals surface area contributed by atoms with Gasteiger partial charge in [-0.05, 0) is 78.3 Å². The van der Waals surface area contributed by atoms with Gasteiger partial charge >= 0.3 is 0 Å². The number of H-pyrrole nitrogens is 1. The summed E-state index contributed by atoms with van der Waals surface area (Å²) in [5, 5.41) is 5.22. The van der Waals surface area contributed by atoms with E-state index in [0.717, 1.165) is 25.7 Å². The third kappa shape index (κ3) is 3.20. The second-order valence-electron chi connectivity index (χ2n) is 10.5. The van der Waals surface area contributed by atoms with Crippen LogP contribution in [0.1, 0.15) is 25.7 Å². The Morgan fingerprint density at radius 3 is 2.13 bits per heavy atom. The molecule has 182 valence electrons. The van der Waals surface area contributed by atoms with Gasteiger partial charge in [-0.15, -0.1) is 0 Å². The molecule has 2 heteroatoms. The van der Waals surface area contributed by atoms with Crippen LogP contribution in [0, 0.1) is 0 Å². The van der Waals surface area contributed by atoms with Crippen LogP contribution in [0.15, 0.2) is 126 Å². The van der Waals surface area contributed by atoms with Crippen molar-refractivity contribution in [2.45, 2.75) is 25.7 Å². The van der Waals surface area contributed by atoms with E-state index in [4.69, 9.17) is 0 Å². The molecule has 0 atom stereocenters. The van der Waals surface area contributed by atoms with Gasteiger partial charge in [0.2, 0.25) is 0 Å². The standard InChI is InChI=1S/C36H28N2/c1-2-10-24(11-3-1)25-20-22-26(23-21-25)38-33-18-7-5-13-30(33)36-28(15-9-19-34(36)38)27-14-8-17-32-35(27)29-12-4-6-16-31(29)37-32/h1-2,4-10,12-20,22,37H,3,11,21,23H2. The Morgan fingerprint density at radius 1 is 0.553 bits per heavy atom. The number of para-hydroxylation sites is 2. The number of hydrogen-bond acceptors (Lipinski definition) is 0. The summed E-state index contributed by atoms with van der Waals surface area (Å²) in [6.07, 6.45) is 15.9. The molecule has 1 N–H and O–H groups in total. The molecule has 38 heavy (non-hydrogen) atoms. The van der Waals surface area contributed by atoms with Crippen molar-refractivity contribution in [3.63, 3.8) is 0 Å². The molecule has 0 saturated heterocycles. The molecule has 0 unspecified atom stereocenters. The van der Waals surface area contributed by atoms with E-state index in [1.54, 1.807) is 0 Å². The van der Waals surface area contributed by atoms with E-state index in [-0.39, 0.29) is 0 Å². The van der Waals surface area contributed by atoms with Gasteiger partial charge in [0.1, 0.15) is 0 Å². The van der Waals surface area contributed by atoms with Crippen LogP contribution in [-0.2, 0) is 0 Å². The maximum Gasteiger partial charge on any atom is 0.0544 e. The van der Waals surface area contributed by atoms with Crippen molar-refractivity contribution in [1.29, 1.82) is 0 Å². The number of aromatic amines is 1. The van der Waals surface area contributed by atoms with E-state index in [0.29, 0.717) is 0 Å². The van der Waals surface area contributed by atoms with Crippen LogP contribution in [0.2, 0.25) is 0 Å². The summed E-state index contributed by atoms with van der Waals surface area (Å²) in [6.45, 7) is 0. The molecule has 0 saturated carbocycles. The zero-order valence-corrected chi connectivity index (χ0v) is 21.2. The molecule has 0 aliphatic heterocycles. The summed E-state index contributed by atoms with van der Waals surface area (Å²) in [6, 6.07) is 31.0. The Hall–Kier alpha value is -4.56. The highest BCUT2D eigenvalue weighted by atomic mass is 15.0. The molecule has 0 bridgehead atoms. The fourth-order valence-corrected chi connectivity index (χ4v) is 6.63. The van der Waals surface area contributed by atoms with Crippen LogP contribution >= 0.6 is 0 Å². The van der Waals surface area contributed by atoms with Crippen LogP contribution in [0.5, 0.6) is 0 Å². The van der Waals surface area contributed by atoms with Crippen LogP contribution < -0.4 is 0 Å². The lowest BCUT2D eigenvalue weighted by atomic mass is 9.90. The number of fused-ring (bicyclic) bond motifs is 6. The second kappa shape index (κ2) is 8.49. The number of hydrogen-bond donors (Lipinski definition) is 1. The molecule has 0 radical (unpaired) electrons. The van der Waals surface area contributed by atoms with Gasteiger partial charge in [-0.2, -0.15) is 0 Å². The first-order chi connectivity index (χ1) is 18.9. The molecule has 4 aromatic carbocycles. The summed E-state index contributed by atoms with van der Waals surface area (Å²) in [7, 11) is 0. The van der Waals surface area contributed by atoms with Gasteiger partial charge in [0, 0.05) is 38.3 Å². The predicted molar refractivity (Wildman–Crippen MR) is 162 cm³/mol. The van der Waals surface area contributed by atoms with Crippen LogP contribution in [0.4, 0.5) is 0 Å². The summed E-state index contributed by atoms with van der Waals surface area (Å²) in [5.41, 5.74) is 11.9. The number of nitrogens with zero attached hydrogens (tertiary/aromatic N) is 1. The molecule has 2 aliphatic carbocycles. The second-order valence-corrected chi connectivity index (χ2v) is 10.5. The molecule has 2 aromatic heterocycles. The highest BCUT2D eigenvalue weighted by Crippen LogP contribution is 2.43. The minimum Gasteiger partial charge on any atom is -0.354 e. The molecule has 2 nitrogen and oxygen atoms in total. The number of benzene rings is 4. The first-order valence-corrected chi connectivity index (χ1v) is 13.6. The predicted octanol–water partition coefficient (Wildman–Crippen LogP) is 9.93. The summed E-state index contributed by atoms with van der Waals surface area (Å²) >= 11 is 0. The van der Waals surface area contributed by atoms with Gasteiger partial charge in [0.25, 0.3) is 0 Å². The normalized spacial score (nSPS) is 15.8. The Labute approximate surface area is 221 Å². The zero-order valence-electron chi connectivity index (χ0n) is 21.2. The summed E-state index contributed by atoms with van der Waals surface area (Å²) in [5.74, 6) is 0. The zero-order chi connectivity index (χ0) is 25.1.